The summed E-state index contributed by atoms with van der Waals surface area (Å²) in [5.41, 5.74) is 1.80. The normalized spacial score (nSPS) is 11.2. The minimum absolute atomic E-state index is 0.0291. The number of nitrogens with one attached hydrogen (secondary N) is 2. The first kappa shape index (κ1) is 15.1. The number of nitrogens with zero attached hydrogens (tertiary/aromatic N) is 1. The van der Waals surface area contributed by atoms with E-state index in [-0.39, 0.29) is 17.7 Å². The number of anilines is 1. The second kappa shape index (κ2) is 5.99. The topological polar surface area (TPSA) is 67.0 Å². The number of methoxy groups -OCH3 is 1. The Kier molecular flexibility index (Phi) is 4.31. The van der Waals surface area contributed by atoms with Gasteiger partial charge in [0.25, 0.3) is 0 Å². The van der Waals surface area contributed by atoms with Gasteiger partial charge in [-0.25, -0.2) is 0 Å². The van der Waals surface area contributed by atoms with Crippen molar-refractivity contribution in [1.82, 2.24) is 10.2 Å². The third-order valence-corrected chi connectivity index (χ3v) is 3.20. The van der Waals surface area contributed by atoms with E-state index in [0.717, 1.165) is 11.3 Å². The molecule has 0 bridgehead atoms. The van der Waals surface area contributed by atoms with E-state index in [4.69, 9.17) is 4.74 Å². The van der Waals surface area contributed by atoms with Gasteiger partial charge in [0.15, 0.2) is 5.82 Å². The maximum absolute atomic E-state index is 12.1. The largest absolute Gasteiger partial charge is 0.496 e. The fourth-order valence-electron chi connectivity index (χ4n) is 1.98. The second-order valence-electron chi connectivity index (χ2n) is 5.95. The molecule has 0 aliphatic carbocycles. The van der Waals surface area contributed by atoms with Gasteiger partial charge in [0, 0.05) is 22.7 Å². The number of amides is 1. The number of benzene rings is 1. The lowest BCUT2D eigenvalue weighted by Gasteiger charge is -2.14. The Balaban J connectivity index is 2.03. The number of ether oxygens (including phenoxy) is 1. The smallest absolute Gasteiger partial charge is 0.230 e. The third kappa shape index (κ3) is 3.84. The van der Waals surface area contributed by atoms with E-state index in [1.807, 2.05) is 30.3 Å². The summed E-state index contributed by atoms with van der Waals surface area (Å²) < 4.78 is 5.24. The molecule has 1 aromatic heterocycles. The van der Waals surface area contributed by atoms with Gasteiger partial charge in [0.2, 0.25) is 5.91 Å². The number of aromatic amines is 1. The zero-order valence-electron chi connectivity index (χ0n) is 12.9. The number of carbonyl (C=O) groups excluding carboxylic acids is 1. The number of H-pyrrole nitrogens is 1. The molecule has 5 nitrogen and oxygen atoms in total. The summed E-state index contributed by atoms with van der Waals surface area (Å²) >= 11 is 0. The highest BCUT2D eigenvalue weighted by Crippen LogP contribution is 2.22. The predicted molar refractivity (Wildman–Crippen MR) is 82.6 cm³/mol. The Morgan fingerprint density at radius 1 is 1.33 bits per heavy atom. The van der Waals surface area contributed by atoms with Gasteiger partial charge < -0.3 is 10.1 Å². The Morgan fingerprint density at radius 3 is 2.67 bits per heavy atom. The van der Waals surface area contributed by atoms with E-state index in [2.05, 4.69) is 36.3 Å². The number of hydrogen-bond acceptors (Lipinski definition) is 3. The first-order chi connectivity index (χ1) is 9.90. The maximum atomic E-state index is 12.1. The number of rotatable bonds is 4. The molecular weight excluding hydrogens is 266 g/mol. The standard InChI is InChI=1S/C16H21N3O2/c1-16(2,3)13-10-14(19-18-13)17-15(20)9-11-7-5-6-8-12(11)21-4/h5-8,10H,9H2,1-4H3,(H2,17,18,19,20). The summed E-state index contributed by atoms with van der Waals surface area (Å²) in [5.74, 6) is 1.14. The molecule has 0 saturated carbocycles. The lowest BCUT2D eigenvalue weighted by atomic mass is 9.92. The Hall–Kier alpha value is -2.30. The number of carbonyl (C=O) groups is 1. The average molecular weight is 287 g/mol. The monoisotopic (exact) mass is 287 g/mol. The highest BCUT2D eigenvalue weighted by atomic mass is 16.5. The fraction of sp³-hybridized carbons (Fsp3) is 0.375. The molecule has 0 spiro atoms. The van der Waals surface area contributed by atoms with Crippen LogP contribution in [0.5, 0.6) is 5.75 Å². The van der Waals surface area contributed by atoms with Crippen molar-refractivity contribution in [2.75, 3.05) is 12.4 Å². The average Bonchev–Trinajstić information content (AvgIpc) is 2.87. The van der Waals surface area contributed by atoms with E-state index in [1.54, 1.807) is 7.11 Å². The van der Waals surface area contributed by atoms with E-state index < -0.39 is 0 Å². The number of hydrogen-bond donors (Lipinski definition) is 2. The lowest BCUT2D eigenvalue weighted by molar-refractivity contribution is -0.115. The number of aromatic nitrogens is 2. The van der Waals surface area contributed by atoms with Gasteiger partial charge in [0.1, 0.15) is 5.75 Å². The van der Waals surface area contributed by atoms with Crippen molar-refractivity contribution in [2.24, 2.45) is 0 Å². The minimum atomic E-state index is -0.119. The van der Waals surface area contributed by atoms with E-state index >= 15 is 0 Å². The lowest BCUT2D eigenvalue weighted by Crippen LogP contribution is -2.15. The van der Waals surface area contributed by atoms with Crippen molar-refractivity contribution in [1.29, 1.82) is 0 Å². The van der Waals surface area contributed by atoms with Crippen molar-refractivity contribution in [3.8, 4) is 5.75 Å². The fourth-order valence-corrected chi connectivity index (χ4v) is 1.98. The quantitative estimate of drug-likeness (QED) is 0.908. The maximum Gasteiger partial charge on any atom is 0.230 e. The Bertz CT molecular complexity index is 626. The highest BCUT2D eigenvalue weighted by Gasteiger charge is 2.17. The van der Waals surface area contributed by atoms with E-state index in [0.29, 0.717) is 11.6 Å². The van der Waals surface area contributed by atoms with Crippen molar-refractivity contribution in [2.45, 2.75) is 32.6 Å². The first-order valence-electron chi connectivity index (χ1n) is 6.88. The van der Waals surface area contributed by atoms with Crippen LogP contribution in [-0.4, -0.2) is 23.2 Å². The van der Waals surface area contributed by atoms with Crippen molar-refractivity contribution >= 4 is 11.7 Å². The summed E-state index contributed by atoms with van der Waals surface area (Å²) in [6, 6.07) is 9.35. The Labute approximate surface area is 124 Å². The van der Waals surface area contributed by atoms with Crippen LogP contribution in [0.1, 0.15) is 32.0 Å². The van der Waals surface area contributed by atoms with Crippen LogP contribution in [0.15, 0.2) is 30.3 Å². The molecule has 5 heteroatoms. The third-order valence-electron chi connectivity index (χ3n) is 3.20. The van der Waals surface area contributed by atoms with E-state index in [1.165, 1.54) is 0 Å². The SMILES string of the molecule is COc1ccccc1CC(=O)Nc1cc(C(C)(C)C)[nH]n1. The molecule has 0 unspecified atom stereocenters. The molecule has 0 aliphatic rings. The van der Waals surface area contributed by atoms with Crippen LogP contribution in [0.25, 0.3) is 0 Å². The molecule has 112 valence electrons. The summed E-state index contributed by atoms with van der Waals surface area (Å²) in [6.07, 6.45) is 0.252. The van der Waals surface area contributed by atoms with Crippen LogP contribution >= 0.6 is 0 Å². The molecule has 1 heterocycles. The van der Waals surface area contributed by atoms with Crippen LogP contribution in [0.2, 0.25) is 0 Å². The summed E-state index contributed by atoms with van der Waals surface area (Å²) in [4.78, 5) is 12.1. The highest BCUT2D eigenvalue weighted by molar-refractivity contribution is 5.91. The van der Waals surface area contributed by atoms with Crippen LogP contribution in [-0.2, 0) is 16.6 Å². The first-order valence-corrected chi connectivity index (χ1v) is 6.88. The van der Waals surface area contributed by atoms with Gasteiger partial charge in [-0.15, -0.1) is 0 Å². The molecule has 0 saturated heterocycles. The van der Waals surface area contributed by atoms with Crippen molar-refractivity contribution in [3.63, 3.8) is 0 Å². The molecule has 0 atom stereocenters. The predicted octanol–water partition coefficient (Wildman–Crippen LogP) is 2.90. The molecule has 1 amide bonds. The summed E-state index contributed by atoms with van der Waals surface area (Å²) in [7, 11) is 1.60. The van der Waals surface area contributed by atoms with Crippen LogP contribution in [0.4, 0.5) is 5.82 Å². The van der Waals surface area contributed by atoms with Gasteiger partial charge >= 0.3 is 0 Å². The van der Waals surface area contributed by atoms with Gasteiger partial charge in [-0.1, -0.05) is 39.0 Å². The van der Waals surface area contributed by atoms with Crippen molar-refractivity contribution in [3.05, 3.63) is 41.6 Å². The van der Waals surface area contributed by atoms with Crippen molar-refractivity contribution < 1.29 is 9.53 Å². The minimum Gasteiger partial charge on any atom is -0.496 e. The second-order valence-corrected chi connectivity index (χ2v) is 5.95. The molecular formula is C16H21N3O2. The number of para-hydroxylation sites is 1. The van der Waals surface area contributed by atoms with Crippen LogP contribution in [0, 0.1) is 0 Å². The molecule has 21 heavy (non-hydrogen) atoms. The molecule has 0 fully saturated rings. The van der Waals surface area contributed by atoms with Gasteiger partial charge in [-0.05, 0) is 6.07 Å². The van der Waals surface area contributed by atoms with E-state index in [9.17, 15) is 4.79 Å². The van der Waals surface area contributed by atoms with Crippen LogP contribution < -0.4 is 10.1 Å². The molecule has 2 rings (SSSR count). The zero-order chi connectivity index (χ0) is 15.5. The Morgan fingerprint density at radius 2 is 2.05 bits per heavy atom. The van der Waals surface area contributed by atoms with Crippen LogP contribution in [0.3, 0.4) is 0 Å². The summed E-state index contributed by atoms with van der Waals surface area (Å²) in [5, 5.41) is 9.86. The molecule has 2 N–H and O–H groups in total. The summed E-state index contributed by atoms with van der Waals surface area (Å²) in [6.45, 7) is 6.25. The van der Waals surface area contributed by atoms with Gasteiger partial charge in [0.05, 0.1) is 13.5 Å². The van der Waals surface area contributed by atoms with Gasteiger partial charge in [-0.2, -0.15) is 5.10 Å². The molecule has 0 radical (unpaired) electrons. The zero-order valence-corrected chi connectivity index (χ0v) is 12.9. The molecule has 1 aromatic carbocycles. The van der Waals surface area contributed by atoms with Gasteiger partial charge in [-0.3, -0.25) is 9.89 Å². The molecule has 2 aromatic rings. The molecule has 0 aliphatic heterocycles.